The molecule has 0 unspecified atom stereocenters. The van der Waals surface area contributed by atoms with Crippen molar-refractivity contribution in [2.45, 2.75) is 20.8 Å². The number of carbonyl (C=O) groups excluding carboxylic acids is 1. The minimum absolute atomic E-state index is 0.259. The number of esters is 1. The largest absolute Gasteiger partial charge is 0.468 e. The van der Waals surface area contributed by atoms with Crippen LogP contribution in [0.5, 0.6) is 0 Å². The van der Waals surface area contributed by atoms with E-state index in [-0.39, 0.29) is 12.6 Å². The Bertz CT molecular complexity index is 497. The van der Waals surface area contributed by atoms with E-state index in [1.54, 1.807) is 0 Å². The van der Waals surface area contributed by atoms with Crippen LogP contribution in [-0.4, -0.2) is 25.4 Å². The molecule has 0 fully saturated rings. The lowest BCUT2D eigenvalue weighted by Crippen LogP contribution is -2.26. The minimum atomic E-state index is -0.421. The van der Waals surface area contributed by atoms with Crippen molar-refractivity contribution in [3.05, 3.63) is 34.4 Å². The van der Waals surface area contributed by atoms with Crippen LogP contribution in [0.15, 0.2) is 17.3 Å². The third kappa shape index (κ3) is 2.10. The van der Waals surface area contributed by atoms with Gasteiger partial charge in [0, 0.05) is 5.56 Å². The summed E-state index contributed by atoms with van der Waals surface area (Å²) in [6.45, 7) is 6.35. The van der Waals surface area contributed by atoms with Crippen LogP contribution < -0.4 is 0 Å². The van der Waals surface area contributed by atoms with E-state index in [1.807, 2.05) is 13.8 Å². The molecule has 0 aliphatic carbocycles. The first-order valence-corrected chi connectivity index (χ1v) is 5.90. The molecule has 4 nitrogen and oxygen atoms in total. The summed E-state index contributed by atoms with van der Waals surface area (Å²) >= 11 is 0. The fraction of sp³-hybridized carbons (Fsp3) is 0.429. The first-order valence-electron chi connectivity index (χ1n) is 5.90. The van der Waals surface area contributed by atoms with Gasteiger partial charge in [-0.25, -0.2) is 0 Å². The van der Waals surface area contributed by atoms with Gasteiger partial charge in [-0.1, -0.05) is 22.9 Å². The molecule has 1 aromatic rings. The Morgan fingerprint density at radius 2 is 1.94 bits per heavy atom. The third-order valence-electron chi connectivity index (χ3n) is 3.15. The Balaban J connectivity index is 2.46. The monoisotopic (exact) mass is 247 g/mol. The quantitative estimate of drug-likeness (QED) is 0.752. The summed E-state index contributed by atoms with van der Waals surface area (Å²) in [4.78, 5) is 16.8. The zero-order valence-electron chi connectivity index (χ0n) is 11.1. The Hall–Kier alpha value is -1.84. The van der Waals surface area contributed by atoms with Crippen LogP contribution in [0, 0.1) is 26.7 Å². The van der Waals surface area contributed by atoms with Crippen molar-refractivity contribution < 1.29 is 14.4 Å². The normalized spacial score (nSPS) is 18.2. The van der Waals surface area contributed by atoms with Crippen LogP contribution in [0.3, 0.4) is 0 Å². The highest BCUT2D eigenvalue weighted by Gasteiger charge is 2.33. The highest BCUT2D eigenvalue weighted by atomic mass is 16.6. The molecule has 0 spiro atoms. The maximum atomic E-state index is 11.7. The van der Waals surface area contributed by atoms with Crippen LogP contribution in [0.4, 0.5) is 0 Å². The van der Waals surface area contributed by atoms with E-state index in [0.29, 0.717) is 5.71 Å². The van der Waals surface area contributed by atoms with E-state index in [0.717, 1.165) is 16.7 Å². The molecule has 1 atom stereocenters. The van der Waals surface area contributed by atoms with Crippen molar-refractivity contribution in [1.29, 1.82) is 0 Å². The molecule has 4 heteroatoms. The van der Waals surface area contributed by atoms with Crippen LogP contribution in [0.1, 0.15) is 22.3 Å². The number of aryl methyl sites for hydroxylation is 3. The second-order valence-corrected chi connectivity index (χ2v) is 4.62. The molecular weight excluding hydrogens is 230 g/mol. The summed E-state index contributed by atoms with van der Waals surface area (Å²) < 4.78 is 4.79. The van der Waals surface area contributed by atoms with E-state index >= 15 is 0 Å². The maximum absolute atomic E-state index is 11.7. The second kappa shape index (κ2) is 4.80. The number of nitrogens with zero attached hydrogens (tertiary/aromatic N) is 1. The van der Waals surface area contributed by atoms with Gasteiger partial charge < -0.3 is 9.57 Å². The first kappa shape index (κ1) is 12.6. The lowest BCUT2D eigenvalue weighted by Gasteiger charge is -2.14. The van der Waals surface area contributed by atoms with Gasteiger partial charge in [-0.15, -0.1) is 0 Å². The molecule has 18 heavy (non-hydrogen) atoms. The highest BCUT2D eigenvalue weighted by Crippen LogP contribution is 2.25. The van der Waals surface area contributed by atoms with Gasteiger partial charge in [0.1, 0.15) is 18.2 Å². The predicted molar refractivity (Wildman–Crippen MR) is 68.6 cm³/mol. The number of hydrogen-bond donors (Lipinski definition) is 0. The Morgan fingerprint density at radius 1 is 1.33 bits per heavy atom. The van der Waals surface area contributed by atoms with E-state index < -0.39 is 5.92 Å². The number of hydrogen-bond acceptors (Lipinski definition) is 4. The van der Waals surface area contributed by atoms with Crippen LogP contribution in [-0.2, 0) is 14.4 Å². The molecule has 0 aromatic heterocycles. The maximum Gasteiger partial charge on any atom is 0.318 e. The van der Waals surface area contributed by atoms with Gasteiger partial charge >= 0.3 is 5.97 Å². The van der Waals surface area contributed by atoms with Gasteiger partial charge in [0.05, 0.1) is 7.11 Å². The van der Waals surface area contributed by atoms with E-state index in [1.165, 1.54) is 12.7 Å². The highest BCUT2D eigenvalue weighted by molar-refractivity contribution is 6.13. The van der Waals surface area contributed by atoms with Crippen molar-refractivity contribution in [2.24, 2.45) is 11.1 Å². The van der Waals surface area contributed by atoms with Crippen LogP contribution in [0.2, 0.25) is 0 Å². The lowest BCUT2D eigenvalue weighted by molar-refractivity contribution is -0.143. The standard InChI is InChI=1S/C14H17NO3/c1-8-5-9(2)12(10(3)6-8)13-11(7-18-15-13)14(16)17-4/h5-6,11H,7H2,1-4H3/t11-/m1/s1. The topological polar surface area (TPSA) is 47.9 Å². The summed E-state index contributed by atoms with van der Waals surface area (Å²) in [5.74, 6) is -0.722. The van der Waals surface area contributed by atoms with Crippen LogP contribution in [0.25, 0.3) is 0 Å². The second-order valence-electron chi connectivity index (χ2n) is 4.62. The van der Waals surface area contributed by atoms with E-state index in [2.05, 4.69) is 24.2 Å². The van der Waals surface area contributed by atoms with Gasteiger partial charge in [-0.2, -0.15) is 0 Å². The molecule has 0 amide bonds. The SMILES string of the molecule is COC(=O)[C@@H]1CON=C1c1c(C)cc(C)cc1C. The van der Waals surface area contributed by atoms with Crippen molar-refractivity contribution >= 4 is 11.7 Å². The first-order chi connectivity index (χ1) is 8.54. The minimum Gasteiger partial charge on any atom is -0.468 e. The number of methoxy groups -OCH3 is 1. The predicted octanol–water partition coefficient (Wildman–Crippen LogP) is 2.14. The molecule has 1 heterocycles. The number of benzene rings is 1. The zero-order chi connectivity index (χ0) is 13.3. The number of rotatable bonds is 2. The summed E-state index contributed by atoms with van der Waals surface area (Å²) in [6, 6.07) is 4.16. The fourth-order valence-corrected chi connectivity index (χ4v) is 2.45. The molecule has 1 aliphatic rings. The average molecular weight is 247 g/mol. The molecule has 0 radical (unpaired) electrons. The summed E-state index contributed by atoms with van der Waals surface area (Å²) in [5.41, 5.74) is 5.07. The Labute approximate surface area is 107 Å². The Kier molecular flexibility index (Phi) is 3.36. The van der Waals surface area contributed by atoms with Gasteiger partial charge in [0.15, 0.2) is 0 Å². The van der Waals surface area contributed by atoms with Crippen molar-refractivity contribution in [2.75, 3.05) is 13.7 Å². The smallest absolute Gasteiger partial charge is 0.318 e. The molecule has 0 N–H and O–H groups in total. The number of ether oxygens (including phenoxy) is 1. The molecule has 0 saturated heterocycles. The summed E-state index contributed by atoms with van der Waals surface area (Å²) in [6.07, 6.45) is 0. The molecular formula is C14H17NO3. The summed E-state index contributed by atoms with van der Waals surface area (Å²) in [7, 11) is 1.38. The molecule has 0 bridgehead atoms. The zero-order valence-corrected chi connectivity index (χ0v) is 11.1. The summed E-state index contributed by atoms with van der Waals surface area (Å²) in [5, 5.41) is 4.02. The van der Waals surface area contributed by atoms with Gasteiger partial charge in [-0.3, -0.25) is 4.79 Å². The van der Waals surface area contributed by atoms with Crippen LogP contribution >= 0.6 is 0 Å². The molecule has 2 rings (SSSR count). The van der Waals surface area contributed by atoms with Gasteiger partial charge in [0.2, 0.25) is 0 Å². The van der Waals surface area contributed by atoms with Gasteiger partial charge in [-0.05, 0) is 31.9 Å². The van der Waals surface area contributed by atoms with Crippen molar-refractivity contribution in [1.82, 2.24) is 0 Å². The van der Waals surface area contributed by atoms with E-state index in [4.69, 9.17) is 9.57 Å². The average Bonchev–Trinajstić information content (AvgIpc) is 2.75. The fourth-order valence-electron chi connectivity index (χ4n) is 2.45. The molecule has 0 saturated carbocycles. The number of oxime groups is 1. The molecule has 96 valence electrons. The van der Waals surface area contributed by atoms with Crippen molar-refractivity contribution in [3.8, 4) is 0 Å². The van der Waals surface area contributed by atoms with Crippen molar-refractivity contribution in [3.63, 3.8) is 0 Å². The van der Waals surface area contributed by atoms with E-state index in [9.17, 15) is 4.79 Å². The third-order valence-corrected chi connectivity index (χ3v) is 3.15. The Morgan fingerprint density at radius 3 is 2.50 bits per heavy atom. The molecule has 1 aromatic carbocycles. The lowest BCUT2D eigenvalue weighted by atomic mass is 9.90. The molecule has 1 aliphatic heterocycles. The van der Waals surface area contributed by atoms with Gasteiger partial charge in [0.25, 0.3) is 0 Å². The number of carbonyl (C=O) groups is 1.